The first kappa shape index (κ1) is 27.0. The second-order valence-electron chi connectivity index (χ2n) is 11.1. The molecular weight excluding hydrogens is 487 g/mol. The van der Waals surface area contributed by atoms with Crippen LogP contribution >= 0.6 is 0 Å². The van der Waals surface area contributed by atoms with Gasteiger partial charge in [0.25, 0.3) is 0 Å². The Bertz CT molecular complexity index is 1140. The number of fused-ring (bicyclic) bond motifs is 1. The highest BCUT2D eigenvalue weighted by atomic mass is 19.4. The Kier molecular flexibility index (Phi) is 7.55. The second-order valence-corrected chi connectivity index (χ2v) is 11.1. The molecule has 0 spiro atoms. The van der Waals surface area contributed by atoms with Crippen LogP contribution in [0.1, 0.15) is 39.7 Å². The van der Waals surface area contributed by atoms with E-state index in [1.165, 1.54) is 12.3 Å². The van der Waals surface area contributed by atoms with Crippen molar-refractivity contribution in [3.63, 3.8) is 0 Å². The van der Waals surface area contributed by atoms with Crippen molar-refractivity contribution in [1.82, 2.24) is 20.5 Å². The molecule has 0 unspecified atom stereocenters. The molecule has 2 aliphatic rings. The minimum atomic E-state index is -4.49. The van der Waals surface area contributed by atoms with E-state index in [2.05, 4.69) is 22.5 Å². The van der Waals surface area contributed by atoms with Gasteiger partial charge in [0.15, 0.2) is 0 Å². The standard InChI is InChI=1S/C26H34F3N5O3/c1-16-10-17(31-22(35)15-33-12-18(13-33)32-24(36)37-25(2,3)4)14-34(11-16)21-8-7-20(26(27,28)29)23-19(21)6-5-9-30-23/h5-9,16-18H,10-15H2,1-4H3,(H,31,35)(H,32,36)/t16-,17+/m0/s1. The van der Waals surface area contributed by atoms with Crippen LogP contribution in [0.25, 0.3) is 10.9 Å². The van der Waals surface area contributed by atoms with Crippen molar-refractivity contribution in [2.45, 2.75) is 58.0 Å². The van der Waals surface area contributed by atoms with Crippen molar-refractivity contribution in [2.24, 2.45) is 5.92 Å². The van der Waals surface area contributed by atoms with Crippen molar-refractivity contribution in [3.8, 4) is 0 Å². The topological polar surface area (TPSA) is 86.8 Å². The number of alkyl carbamates (subject to hydrolysis) is 1. The predicted octanol–water partition coefficient (Wildman–Crippen LogP) is 3.79. The van der Waals surface area contributed by atoms with Crippen LogP contribution in [0.15, 0.2) is 30.5 Å². The number of carbonyl (C=O) groups excluding carboxylic acids is 2. The molecule has 11 heteroatoms. The molecule has 2 saturated heterocycles. The number of ether oxygens (including phenoxy) is 1. The first-order valence-corrected chi connectivity index (χ1v) is 12.5. The summed E-state index contributed by atoms with van der Waals surface area (Å²) in [4.78, 5) is 32.6. The number of hydrogen-bond donors (Lipinski definition) is 2. The highest BCUT2D eigenvalue weighted by molar-refractivity contribution is 5.94. The summed E-state index contributed by atoms with van der Waals surface area (Å²) in [7, 11) is 0. The first-order valence-electron chi connectivity index (χ1n) is 12.5. The van der Waals surface area contributed by atoms with E-state index >= 15 is 0 Å². The third kappa shape index (κ3) is 6.82. The Morgan fingerprint density at radius 2 is 1.78 bits per heavy atom. The molecule has 4 rings (SSSR count). The molecule has 1 aromatic carbocycles. The van der Waals surface area contributed by atoms with Gasteiger partial charge in [-0.05, 0) is 57.4 Å². The van der Waals surface area contributed by atoms with E-state index in [-0.39, 0.29) is 36.0 Å². The smallest absolute Gasteiger partial charge is 0.418 e. The quantitative estimate of drug-likeness (QED) is 0.623. The maximum absolute atomic E-state index is 13.5. The number of likely N-dealkylation sites (tertiary alicyclic amines) is 1. The zero-order valence-electron chi connectivity index (χ0n) is 21.6. The van der Waals surface area contributed by atoms with Gasteiger partial charge in [-0.3, -0.25) is 14.7 Å². The lowest BCUT2D eigenvalue weighted by atomic mass is 9.94. The molecule has 3 heterocycles. The van der Waals surface area contributed by atoms with Gasteiger partial charge in [-0.2, -0.15) is 13.2 Å². The molecule has 8 nitrogen and oxygen atoms in total. The van der Waals surface area contributed by atoms with E-state index < -0.39 is 23.4 Å². The van der Waals surface area contributed by atoms with Crippen molar-refractivity contribution in [3.05, 3.63) is 36.0 Å². The number of nitrogens with one attached hydrogen (secondary N) is 2. The SMILES string of the molecule is C[C@H]1C[C@@H](NC(=O)CN2CC(NC(=O)OC(C)(C)C)C2)CN(c2ccc(C(F)(F)F)c3ncccc23)C1. The third-order valence-corrected chi connectivity index (χ3v) is 6.46. The van der Waals surface area contributed by atoms with E-state index in [0.717, 1.165) is 12.5 Å². The lowest BCUT2D eigenvalue weighted by Gasteiger charge is -2.41. The predicted molar refractivity (Wildman–Crippen MR) is 134 cm³/mol. The van der Waals surface area contributed by atoms with Gasteiger partial charge in [-0.1, -0.05) is 6.92 Å². The zero-order valence-corrected chi connectivity index (χ0v) is 21.6. The summed E-state index contributed by atoms with van der Waals surface area (Å²) in [6.45, 7) is 9.97. The molecule has 0 aliphatic carbocycles. The maximum atomic E-state index is 13.5. The van der Waals surface area contributed by atoms with E-state index in [4.69, 9.17) is 4.74 Å². The lowest BCUT2D eigenvalue weighted by molar-refractivity contribution is -0.136. The van der Waals surface area contributed by atoms with Crippen molar-refractivity contribution < 1.29 is 27.5 Å². The van der Waals surface area contributed by atoms with Gasteiger partial charge in [-0.25, -0.2) is 4.79 Å². The molecule has 2 amide bonds. The van der Waals surface area contributed by atoms with E-state index in [0.29, 0.717) is 37.3 Å². The molecule has 0 radical (unpaired) electrons. The molecule has 202 valence electrons. The second kappa shape index (κ2) is 10.4. The largest absolute Gasteiger partial charge is 0.444 e. The number of piperidine rings is 1. The molecule has 2 fully saturated rings. The first-order chi connectivity index (χ1) is 17.3. The van der Waals surface area contributed by atoms with Gasteiger partial charge in [0.2, 0.25) is 5.91 Å². The van der Waals surface area contributed by atoms with Crippen LogP contribution in [0.2, 0.25) is 0 Å². The minimum Gasteiger partial charge on any atom is -0.444 e. The summed E-state index contributed by atoms with van der Waals surface area (Å²) in [5, 5.41) is 6.33. The van der Waals surface area contributed by atoms with Gasteiger partial charge in [-0.15, -0.1) is 0 Å². The number of nitrogens with zero attached hydrogens (tertiary/aromatic N) is 3. The number of hydrogen-bond acceptors (Lipinski definition) is 6. The third-order valence-electron chi connectivity index (χ3n) is 6.46. The number of aromatic nitrogens is 1. The molecule has 1 aromatic heterocycles. The van der Waals surface area contributed by atoms with Gasteiger partial charge in [0.05, 0.1) is 23.7 Å². The maximum Gasteiger partial charge on any atom is 0.418 e. The van der Waals surface area contributed by atoms with E-state index in [1.807, 2.05) is 9.80 Å². The van der Waals surface area contributed by atoms with Crippen LogP contribution in [-0.4, -0.2) is 72.3 Å². The van der Waals surface area contributed by atoms with Crippen LogP contribution < -0.4 is 15.5 Å². The summed E-state index contributed by atoms with van der Waals surface area (Å²) in [5.74, 6) is 0.119. The Labute approximate surface area is 214 Å². The fourth-order valence-electron chi connectivity index (χ4n) is 5.06. The molecule has 0 bridgehead atoms. The number of pyridine rings is 1. The van der Waals surface area contributed by atoms with Crippen molar-refractivity contribution >= 4 is 28.6 Å². The Hall–Kier alpha value is -3.08. The summed E-state index contributed by atoms with van der Waals surface area (Å²) in [6.07, 6.45) is -2.81. The van der Waals surface area contributed by atoms with Crippen LogP contribution in [0.5, 0.6) is 0 Å². The summed E-state index contributed by atoms with van der Waals surface area (Å²) in [5.41, 5.74) is -0.711. The number of amides is 2. The molecule has 37 heavy (non-hydrogen) atoms. The average Bonchev–Trinajstić information content (AvgIpc) is 2.74. The van der Waals surface area contributed by atoms with Crippen molar-refractivity contribution in [1.29, 1.82) is 0 Å². The Morgan fingerprint density at radius 3 is 2.46 bits per heavy atom. The fourth-order valence-corrected chi connectivity index (χ4v) is 5.06. The van der Waals surface area contributed by atoms with Crippen LogP contribution in [0.3, 0.4) is 0 Å². The van der Waals surface area contributed by atoms with Gasteiger partial charge in [0, 0.05) is 49.5 Å². The highest BCUT2D eigenvalue weighted by Gasteiger charge is 2.35. The molecule has 2 atom stereocenters. The Morgan fingerprint density at radius 1 is 1.05 bits per heavy atom. The average molecular weight is 522 g/mol. The molecule has 2 aliphatic heterocycles. The monoisotopic (exact) mass is 521 g/mol. The van der Waals surface area contributed by atoms with E-state index in [9.17, 15) is 22.8 Å². The summed E-state index contributed by atoms with van der Waals surface area (Å²) in [6, 6.07) is 5.68. The lowest BCUT2D eigenvalue weighted by Crippen LogP contribution is -2.62. The molecular formula is C26H34F3N5O3. The number of halogens is 3. The zero-order chi connectivity index (χ0) is 27.0. The highest BCUT2D eigenvalue weighted by Crippen LogP contribution is 2.38. The number of carbonyl (C=O) groups is 2. The number of anilines is 1. The van der Waals surface area contributed by atoms with Gasteiger partial charge >= 0.3 is 12.3 Å². The normalized spacial score (nSPS) is 21.4. The molecule has 0 saturated carbocycles. The Balaban J connectivity index is 1.34. The van der Waals surface area contributed by atoms with Crippen LogP contribution in [-0.2, 0) is 15.7 Å². The van der Waals surface area contributed by atoms with Crippen LogP contribution in [0.4, 0.5) is 23.7 Å². The number of alkyl halides is 3. The molecule has 2 N–H and O–H groups in total. The molecule has 2 aromatic rings. The number of rotatable bonds is 5. The van der Waals surface area contributed by atoms with Gasteiger partial charge < -0.3 is 20.3 Å². The van der Waals surface area contributed by atoms with E-state index in [1.54, 1.807) is 32.9 Å². The number of benzene rings is 1. The summed E-state index contributed by atoms with van der Waals surface area (Å²) < 4.78 is 45.8. The van der Waals surface area contributed by atoms with Crippen molar-refractivity contribution in [2.75, 3.05) is 37.6 Å². The fraction of sp³-hybridized carbons (Fsp3) is 0.577. The summed E-state index contributed by atoms with van der Waals surface area (Å²) >= 11 is 0. The van der Waals surface area contributed by atoms with Crippen LogP contribution in [0, 0.1) is 5.92 Å². The van der Waals surface area contributed by atoms with Gasteiger partial charge in [0.1, 0.15) is 5.60 Å². The minimum absolute atomic E-state index is 0.0607.